The summed E-state index contributed by atoms with van der Waals surface area (Å²) < 4.78 is 13.0. The molecule has 1 heterocycles. The van der Waals surface area contributed by atoms with Crippen LogP contribution in [0.5, 0.6) is 0 Å². The molecular weight excluding hydrogens is 339 g/mol. The van der Waals surface area contributed by atoms with Gasteiger partial charge in [-0.1, -0.05) is 12.1 Å². The maximum Gasteiger partial charge on any atom is 0.255 e. The smallest absolute Gasteiger partial charge is 0.255 e. The Balaban J connectivity index is 1.36. The molecule has 1 aliphatic carbocycles. The van der Waals surface area contributed by atoms with Gasteiger partial charge in [-0.3, -0.25) is 9.69 Å². The topological polar surface area (TPSA) is 32.3 Å². The third-order valence-electron chi connectivity index (χ3n) is 6.22. The van der Waals surface area contributed by atoms with E-state index >= 15 is 0 Å². The van der Waals surface area contributed by atoms with E-state index in [4.69, 9.17) is 0 Å². The van der Waals surface area contributed by atoms with Crippen molar-refractivity contribution >= 4 is 11.6 Å². The van der Waals surface area contributed by atoms with Crippen LogP contribution < -0.4 is 5.32 Å². The molecular formula is C23H27FN2O. The van der Waals surface area contributed by atoms with Crippen LogP contribution in [0.15, 0.2) is 48.5 Å². The van der Waals surface area contributed by atoms with E-state index in [-0.39, 0.29) is 11.7 Å². The number of carbonyl (C=O) groups excluding carboxylic acids is 1. The molecule has 0 aromatic heterocycles. The predicted molar refractivity (Wildman–Crippen MR) is 107 cm³/mol. The molecule has 4 heteroatoms. The SMILES string of the molecule is CC1CCCN1C1CC[C@H](c2ccc(NC(=O)c3ccc(F)cc3)cc2)C1. The Labute approximate surface area is 160 Å². The van der Waals surface area contributed by atoms with Crippen LogP contribution in [0.3, 0.4) is 0 Å². The zero-order chi connectivity index (χ0) is 18.8. The fourth-order valence-corrected chi connectivity index (χ4v) is 4.70. The molecule has 3 nitrogen and oxygen atoms in total. The second-order valence-electron chi connectivity index (χ2n) is 7.98. The van der Waals surface area contributed by atoms with Gasteiger partial charge in [0.25, 0.3) is 5.91 Å². The summed E-state index contributed by atoms with van der Waals surface area (Å²) in [7, 11) is 0. The number of rotatable bonds is 4. The quantitative estimate of drug-likeness (QED) is 0.807. The molecule has 0 spiro atoms. The number of nitrogens with zero attached hydrogens (tertiary/aromatic N) is 1. The highest BCUT2D eigenvalue weighted by molar-refractivity contribution is 6.04. The maximum atomic E-state index is 13.0. The van der Waals surface area contributed by atoms with E-state index in [2.05, 4.69) is 29.3 Å². The minimum absolute atomic E-state index is 0.216. The first-order chi connectivity index (χ1) is 13.1. The Kier molecular flexibility index (Phi) is 5.26. The van der Waals surface area contributed by atoms with Gasteiger partial charge in [-0.15, -0.1) is 0 Å². The van der Waals surface area contributed by atoms with Crippen LogP contribution in [0.25, 0.3) is 0 Å². The van der Waals surface area contributed by atoms with Gasteiger partial charge >= 0.3 is 0 Å². The average molecular weight is 366 g/mol. The molecule has 2 aromatic rings. The second-order valence-corrected chi connectivity index (χ2v) is 7.98. The van der Waals surface area contributed by atoms with Gasteiger partial charge in [0, 0.05) is 23.3 Å². The molecule has 0 bridgehead atoms. The molecule has 2 aromatic carbocycles. The molecule has 0 radical (unpaired) electrons. The van der Waals surface area contributed by atoms with Crippen LogP contribution in [-0.2, 0) is 0 Å². The van der Waals surface area contributed by atoms with Crippen molar-refractivity contribution in [3.63, 3.8) is 0 Å². The van der Waals surface area contributed by atoms with Crippen molar-refractivity contribution in [2.24, 2.45) is 0 Å². The molecule has 1 amide bonds. The van der Waals surface area contributed by atoms with Gasteiger partial charge in [0.05, 0.1) is 0 Å². The van der Waals surface area contributed by atoms with Crippen molar-refractivity contribution in [3.8, 4) is 0 Å². The van der Waals surface area contributed by atoms with Crippen molar-refractivity contribution in [1.29, 1.82) is 0 Å². The lowest BCUT2D eigenvalue weighted by Gasteiger charge is -2.28. The van der Waals surface area contributed by atoms with E-state index in [1.54, 1.807) is 0 Å². The number of hydrogen-bond acceptors (Lipinski definition) is 2. The summed E-state index contributed by atoms with van der Waals surface area (Å²) in [6.07, 6.45) is 6.45. The van der Waals surface area contributed by atoms with Crippen LogP contribution in [-0.4, -0.2) is 29.4 Å². The second kappa shape index (κ2) is 7.81. The normalized spacial score (nSPS) is 25.6. The van der Waals surface area contributed by atoms with E-state index < -0.39 is 0 Å². The molecule has 4 rings (SSSR count). The lowest BCUT2D eigenvalue weighted by atomic mass is 9.97. The summed E-state index contributed by atoms with van der Waals surface area (Å²) in [4.78, 5) is 15.0. The third kappa shape index (κ3) is 4.06. The molecule has 2 aliphatic rings. The summed E-state index contributed by atoms with van der Waals surface area (Å²) in [6, 6.07) is 15.3. The van der Waals surface area contributed by atoms with Crippen LogP contribution in [0.2, 0.25) is 0 Å². The number of halogens is 1. The number of hydrogen-bond donors (Lipinski definition) is 1. The molecule has 142 valence electrons. The molecule has 2 fully saturated rings. The molecule has 27 heavy (non-hydrogen) atoms. The van der Waals surface area contributed by atoms with Crippen molar-refractivity contribution in [2.45, 2.75) is 57.0 Å². The number of nitrogens with one attached hydrogen (secondary N) is 1. The van der Waals surface area contributed by atoms with Crippen LogP contribution in [0.4, 0.5) is 10.1 Å². The summed E-state index contributed by atoms with van der Waals surface area (Å²) in [5.74, 6) is 0.0606. The Morgan fingerprint density at radius 2 is 1.78 bits per heavy atom. The fourth-order valence-electron chi connectivity index (χ4n) is 4.70. The van der Waals surface area contributed by atoms with E-state index in [0.717, 1.165) is 17.8 Å². The van der Waals surface area contributed by atoms with E-state index in [0.29, 0.717) is 11.5 Å². The molecule has 1 saturated carbocycles. The standard InChI is InChI=1S/C23H27FN2O/c1-16-3-2-14-26(16)22-13-8-19(15-22)17-6-11-21(12-7-17)25-23(27)18-4-9-20(24)10-5-18/h4-7,9-12,16,19,22H,2-3,8,13-15H2,1H3,(H,25,27)/t16?,19-,22?/m0/s1. The number of carbonyl (C=O) groups is 1. The van der Waals surface area contributed by atoms with Gasteiger partial charge in [0.1, 0.15) is 5.82 Å². The lowest BCUT2D eigenvalue weighted by Crippen LogP contribution is -2.35. The first kappa shape index (κ1) is 18.2. The van der Waals surface area contributed by atoms with E-state index in [1.807, 2.05) is 12.1 Å². The molecule has 2 unspecified atom stereocenters. The van der Waals surface area contributed by atoms with Gasteiger partial charge in [-0.2, -0.15) is 0 Å². The Morgan fingerprint density at radius 1 is 1.04 bits per heavy atom. The summed E-state index contributed by atoms with van der Waals surface area (Å²) in [5.41, 5.74) is 2.60. The molecule has 3 atom stereocenters. The third-order valence-corrected chi connectivity index (χ3v) is 6.22. The first-order valence-corrected chi connectivity index (χ1v) is 10.0. The summed E-state index contributed by atoms with van der Waals surface area (Å²) in [5, 5.41) is 2.89. The van der Waals surface area contributed by atoms with E-state index in [1.165, 1.54) is 68.5 Å². The highest BCUT2D eigenvalue weighted by Crippen LogP contribution is 2.39. The van der Waals surface area contributed by atoms with Gasteiger partial charge in [0.2, 0.25) is 0 Å². The number of anilines is 1. The van der Waals surface area contributed by atoms with Crippen molar-refractivity contribution in [2.75, 3.05) is 11.9 Å². The highest BCUT2D eigenvalue weighted by atomic mass is 19.1. The average Bonchev–Trinajstić information content (AvgIpc) is 3.31. The van der Waals surface area contributed by atoms with Crippen LogP contribution >= 0.6 is 0 Å². The zero-order valence-electron chi connectivity index (χ0n) is 15.8. The monoisotopic (exact) mass is 366 g/mol. The van der Waals surface area contributed by atoms with Crippen molar-refractivity contribution in [1.82, 2.24) is 4.90 Å². The lowest BCUT2D eigenvalue weighted by molar-refractivity contribution is 0.102. The van der Waals surface area contributed by atoms with Gasteiger partial charge < -0.3 is 5.32 Å². The summed E-state index contributed by atoms with van der Waals surface area (Å²) in [6.45, 7) is 3.62. The van der Waals surface area contributed by atoms with Crippen molar-refractivity contribution in [3.05, 3.63) is 65.5 Å². The first-order valence-electron chi connectivity index (χ1n) is 10.0. The predicted octanol–water partition coefficient (Wildman–Crippen LogP) is 5.20. The number of likely N-dealkylation sites (tertiary alicyclic amines) is 1. The maximum absolute atomic E-state index is 13.0. The van der Waals surface area contributed by atoms with Gasteiger partial charge in [-0.05, 0) is 93.5 Å². The molecule has 1 aliphatic heterocycles. The number of benzene rings is 2. The van der Waals surface area contributed by atoms with Crippen LogP contribution in [0.1, 0.15) is 60.9 Å². The highest BCUT2D eigenvalue weighted by Gasteiger charge is 2.34. The van der Waals surface area contributed by atoms with Gasteiger partial charge in [0.15, 0.2) is 0 Å². The Morgan fingerprint density at radius 3 is 2.44 bits per heavy atom. The zero-order valence-corrected chi connectivity index (χ0v) is 15.8. The Hall–Kier alpha value is -2.20. The number of amides is 1. The molecule has 1 saturated heterocycles. The van der Waals surface area contributed by atoms with Crippen molar-refractivity contribution < 1.29 is 9.18 Å². The molecule has 1 N–H and O–H groups in total. The minimum Gasteiger partial charge on any atom is -0.322 e. The largest absolute Gasteiger partial charge is 0.322 e. The minimum atomic E-state index is -0.339. The fraction of sp³-hybridized carbons (Fsp3) is 0.435. The van der Waals surface area contributed by atoms with E-state index in [9.17, 15) is 9.18 Å². The summed E-state index contributed by atoms with van der Waals surface area (Å²) >= 11 is 0. The Bertz CT molecular complexity index is 787. The van der Waals surface area contributed by atoms with Crippen LogP contribution in [0, 0.1) is 5.82 Å². The van der Waals surface area contributed by atoms with Gasteiger partial charge in [-0.25, -0.2) is 4.39 Å².